The average Bonchev–Trinajstić information content (AvgIpc) is 2.99. The smallest absolute Gasteiger partial charge is 0.328 e. The van der Waals surface area contributed by atoms with Gasteiger partial charge >= 0.3 is 5.97 Å². The number of rotatable bonds is 4. The Morgan fingerprint density at radius 2 is 2.04 bits per heavy atom. The van der Waals surface area contributed by atoms with Gasteiger partial charge in [0, 0.05) is 10.9 Å². The predicted molar refractivity (Wildman–Crippen MR) is 90.1 cm³/mol. The largest absolute Gasteiger partial charge is 0.467 e. The first-order valence-electron chi connectivity index (χ1n) is 8.38. The van der Waals surface area contributed by atoms with Gasteiger partial charge in [0.25, 0.3) is 0 Å². The van der Waals surface area contributed by atoms with Crippen LogP contribution < -0.4 is 0 Å². The lowest BCUT2D eigenvalue weighted by Crippen LogP contribution is -2.47. The van der Waals surface area contributed by atoms with Crippen LogP contribution in [0.2, 0.25) is 0 Å². The average molecular weight is 351 g/mol. The topological polar surface area (TPSA) is 46.6 Å². The highest BCUT2D eigenvalue weighted by molar-refractivity contribution is 8.00. The monoisotopic (exact) mass is 351 g/mol. The Kier molecular flexibility index (Phi) is 5.43. The summed E-state index contributed by atoms with van der Waals surface area (Å²) < 4.78 is 18.6. The number of nitrogens with zero attached hydrogens (tertiary/aromatic N) is 1. The van der Waals surface area contributed by atoms with Crippen molar-refractivity contribution >= 4 is 23.6 Å². The van der Waals surface area contributed by atoms with Crippen molar-refractivity contribution in [2.24, 2.45) is 5.92 Å². The fraction of sp³-hybridized carbons (Fsp3) is 0.556. The Morgan fingerprint density at radius 1 is 1.29 bits per heavy atom. The maximum atomic E-state index is 13.7. The first-order chi connectivity index (χ1) is 11.6. The molecule has 130 valence electrons. The van der Waals surface area contributed by atoms with Crippen LogP contribution in [0.15, 0.2) is 29.2 Å². The summed E-state index contributed by atoms with van der Waals surface area (Å²) >= 11 is 1.18. The molecule has 1 heterocycles. The Balaban J connectivity index is 1.72. The molecule has 1 saturated carbocycles. The fourth-order valence-electron chi connectivity index (χ4n) is 3.94. The quantitative estimate of drug-likeness (QED) is 0.617. The van der Waals surface area contributed by atoms with Gasteiger partial charge in [-0.05, 0) is 37.3 Å². The van der Waals surface area contributed by atoms with Crippen molar-refractivity contribution in [1.82, 2.24) is 4.90 Å². The summed E-state index contributed by atoms with van der Waals surface area (Å²) in [5, 5.41) is 0. The lowest BCUT2D eigenvalue weighted by Gasteiger charge is -2.33. The molecule has 3 rings (SSSR count). The molecular formula is C18H22FNO3S. The molecule has 3 atom stereocenters. The van der Waals surface area contributed by atoms with Crippen molar-refractivity contribution in [3.8, 4) is 0 Å². The van der Waals surface area contributed by atoms with Crippen LogP contribution in [0.25, 0.3) is 0 Å². The molecule has 0 radical (unpaired) electrons. The molecule has 0 aromatic heterocycles. The summed E-state index contributed by atoms with van der Waals surface area (Å²) in [7, 11) is 1.36. The van der Waals surface area contributed by atoms with E-state index in [1.807, 2.05) is 0 Å². The number of hydrogen-bond acceptors (Lipinski definition) is 4. The number of halogens is 1. The van der Waals surface area contributed by atoms with Crippen molar-refractivity contribution in [3.05, 3.63) is 30.1 Å². The van der Waals surface area contributed by atoms with E-state index in [0.29, 0.717) is 17.2 Å². The van der Waals surface area contributed by atoms with Crippen molar-refractivity contribution in [2.45, 2.75) is 49.1 Å². The Morgan fingerprint density at radius 3 is 2.79 bits per heavy atom. The highest BCUT2D eigenvalue weighted by atomic mass is 32.2. The Hall–Kier alpha value is -1.56. The van der Waals surface area contributed by atoms with E-state index in [2.05, 4.69) is 0 Å². The first-order valence-corrected chi connectivity index (χ1v) is 9.36. The molecule has 1 aromatic carbocycles. The molecule has 1 aliphatic heterocycles. The summed E-state index contributed by atoms with van der Waals surface area (Å²) in [6.07, 6.45) is 4.92. The molecule has 1 aromatic rings. The van der Waals surface area contributed by atoms with Gasteiger partial charge in [0.1, 0.15) is 11.9 Å². The minimum atomic E-state index is -0.489. The van der Waals surface area contributed by atoms with Crippen LogP contribution in [0.4, 0.5) is 4.39 Å². The SMILES string of the molecule is COC(=O)C1CC2CCCCC2N1C(=O)CSc1ccccc1F. The lowest BCUT2D eigenvalue weighted by atomic mass is 9.85. The standard InChI is InChI=1S/C18H22FNO3S/c1-23-18(22)15-10-12-6-2-4-8-14(12)20(15)17(21)11-24-16-9-5-3-7-13(16)19/h3,5,7,9,12,14-15H,2,4,6,8,10-11H2,1H3. The van der Waals surface area contributed by atoms with Gasteiger partial charge in [-0.15, -0.1) is 11.8 Å². The van der Waals surface area contributed by atoms with Gasteiger partial charge in [-0.3, -0.25) is 4.79 Å². The Labute approximate surface area is 145 Å². The van der Waals surface area contributed by atoms with Crippen LogP contribution in [-0.4, -0.2) is 41.7 Å². The summed E-state index contributed by atoms with van der Waals surface area (Å²) in [6.45, 7) is 0. The molecular weight excluding hydrogens is 329 g/mol. The van der Waals surface area contributed by atoms with E-state index in [1.54, 1.807) is 23.1 Å². The van der Waals surface area contributed by atoms with Crippen molar-refractivity contribution < 1.29 is 18.7 Å². The number of fused-ring (bicyclic) bond motifs is 1. The van der Waals surface area contributed by atoms with Gasteiger partial charge in [0.05, 0.1) is 12.9 Å². The van der Waals surface area contributed by atoms with Crippen LogP contribution in [-0.2, 0) is 14.3 Å². The first kappa shape index (κ1) is 17.3. The number of amides is 1. The fourth-order valence-corrected chi connectivity index (χ4v) is 4.75. The second-order valence-electron chi connectivity index (χ2n) is 6.41. The Bertz CT molecular complexity index is 624. The normalized spacial score (nSPS) is 26.1. The van der Waals surface area contributed by atoms with Crippen molar-refractivity contribution in [1.29, 1.82) is 0 Å². The summed E-state index contributed by atoms with van der Waals surface area (Å²) in [5.41, 5.74) is 0. The maximum Gasteiger partial charge on any atom is 0.328 e. The number of benzene rings is 1. The van der Waals surface area contributed by atoms with Gasteiger partial charge in [0.2, 0.25) is 5.91 Å². The molecule has 2 aliphatic rings. The lowest BCUT2D eigenvalue weighted by molar-refractivity contribution is -0.151. The highest BCUT2D eigenvalue weighted by Gasteiger charge is 2.47. The van der Waals surface area contributed by atoms with E-state index < -0.39 is 6.04 Å². The highest BCUT2D eigenvalue weighted by Crippen LogP contribution is 2.40. The van der Waals surface area contributed by atoms with Crippen molar-refractivity contribution in [2.75, 3.05) is 12.9 Å². The van der Waals surface area contributed by atoms with E-state index in [1.165, 1.54) is 24.9 Å². The zero-order valence-electron chi connectivity index (χ0n) is 13.7. The molecule has 0 bridgehead atoms. The van der Waals surface area contributed by atoms with E-state index in [4.69, 9.17) is 4.74 Å². The number of carbonyl (C=O) groups excluding carboxylic acids is 2. The van der Waals surface area contributed by atoms with E-state index in [9.17, 15) is 14.0 Å². The third-order valence-corrected chi connectivity index (χ3v) is 6.07. The zero-order valence-corrected chi connectivity index (χ0v) is 14.6. The number of thioether (sulfide) groups is 1. The van der Waals surface area contributed by atoms with Crippen LogP contribution in [0.5, 0.6) is 0 Å². The summed E-state index contributed by atoms with van der Waals surface area (Å²) in [4.78, 5) is 27.1. The summed E-state index contributed by atoms with van der Waals surface area (Å²) in [5.74, 6) is -0.249. The molecule has 1 aliphatic carbocycles. The minimum absolute atomic E-state index is 0.104. The van der Waals surface area contributed by atoms with E-state index in [0.717, 1.165) is 25.7 Å². The number of carbonyl (C=O) groups is 2. The second-order valence-corrected chi connectivity index (χ2v) is 7.42. The maximum absolute atomic E-state index is 13.7. The van der Waals surface area contributed by atoms with Gasteiger partial charge in [-0.25, -0.2) is 9.18 Å². The summed E-state index contributed by atoms with van der Waals surface area (Å²) in [6, 6.07) is 6.06. The van der Waals surface area contributed by atoms with Crippen LogP contribution >= 0.6 is 11.8 Å². The molecule has 6 heteroatoms. The third kappa shape index (κ3) is 3.43. The van der Waals surface area contributed by atoms with Gasteiger partial charge < -0.3 is 9.64 Å². The van der Waals surface area contributed by atoms with Gasteiger partial charge in [-0.1, -0.05) is 25.0 Å². The molecule has 2 fully saturated rings. The van der Waals surface area contributed by atoms with Crippen LogP contribution in [0.1, 0.15) is 32.1 Å². The van der Waals surface area contributed by atoms with Crippen molar-refractivity contribution in [3.63, 3.8) is 0 Å². The molecule has 1 amide bonds. The number of esters is 1. The minimum Gasteiger partial charge on any atom is -0.467 e. The van der Waals surface area contributed by atoms with E-state index >= 15 is 0 Å². The van der Waals surface area contributed by atoms with Gasteiger partial charge in [0.15, 0.2) is 0 Å². The zero-order chi connectivity index (χ0) is 17.1. The molecule has 1 saturated heterocycles. The predicted octanol–water partition coefficient (Wildman–Crippen LogP) is 3.25. The number of hydrogen-bond donors (Lipinski definition) is 0. The molecule has 24 heavy (non-hydrogen) atoms. The third-order valence-electron chi connectivity index (χ3n) is 5.04. The van der Waals surface area contributed by atoms with Gasteiger partial charge in [-0.2, -0.15) is 0 Å². The van der Waals surface area contributed by atoms with E-state index in [-0.39, 0.29) is 29.5 Å². The molecule has 4 nitrogen and oxygen atoms in total. The number of methoxy groups -OCH3 is 1. The molecule has 0 N–H and O–H groups in total. The number of ether oxygens (including phenoxy) is 1. The number of likely N-dealkylation sites (tertiary alicyclic amines) is 1. The molecule has 0 spiro atoms. The second kappa shape index (κ2) is 7.55. The molecule has 3 unspecified atom stereocenters. The van der Waals surface area contributed by atoms with Crippen LogP contribution in [0, 0.1) is 11.7 Å². The van der Waals surface area contributed by atoms with Crippen LogP contribution in [0.3, 0.4) is 0 Å².